The molecule has 0 N–H and O–H groups in total. The molecule has 0 atom stereocenters. The number of thiol groups is 1. The van der Waals surface area contributed by atoms with Crippen LogP contribution in [0.15, 0.2) is 0 Å². The molecule has 0 aromatic rings. The molecular weight excluding hydrogens is 174 g/mol. The molecule has 0 fully saturated rings. The van der Waals surface area contributed by atoms with Crippen molar-refractivity contribution in [1.82, 2.24) is 4.90 Å². The van der Waals surface area contributed by atoms with Gasteiger partial charge in [0.2, 0.25) is 0 Å². The lowest BCUT2D eigenvalue weighted by Gasteiger charge is -2.29. The first-order valence-electron chi connectivity index (χ1n) is 3.84. The fraction of sp³-hybridized carbons (Fsp3) is 0.875. The molecule has 0 aromatic carbocycles. The van der Waals surface area contributed by atoms with E-state index in [4.69, 9.17) is 12.2 Å². The van der Waals surface area contributed by atoms with Crippen LogP contribution in [-0.2, 0) is 0 Å². The summed E-state index contributed by atoms with van der Waals surface area (Å²) in [7, 11) is 0. The smallest absolute Gasteiger partial charge is 0.133 e. The van der Waals surface area contributed by atoms with Gasteiger partial charge in [0, 0.05) is 13.1 Å². The summed E-state index contributed by atoms with van der Waals surface area (Å²) in [5.41, 5.74) is 0.294. The molecule has 0 rings (SSSR count). The van der Waals surface area contributed by atoms with Gasteiger partial charge in [-0.05, 0) is 12.3 Å². The number of nitrogens with zero attached hydrogens (tertiary/aromatic N) is 1. The summed E-state index contributed by atoms with van der Waals surface area (Å²) < 4.78 is 0.697. The van der Waals surface area contributed by atoms with Crippen molar-refractivity contribution in [3.8, 4) is 0 Å². The Bertz CT molecular complexity index is 138. The monoisotopic (exact) mass is 191 g/mol. The summed E-state index contributed by atoms with van der Waals surface area (Å²) in [6.45, 7) is 10.6. The van der Waals surface area contributed by atoms with Crippen molar-refractivity contribution in [2.45, 2.75) is 27.7 Å². The highest BCUT2D eigenvalue weighted by Gasteiger charge is 2.15. The van der Waals surface area contributed by atoms with Crippen LogP contribution in [0.5, 0.6) is 0 Å². The summed E-state index contributed by atoms with van der Waals surface area (Å²) in [6, 6.07) is 0. The second-order valence-corrected chi connectivity index (χ2v) is 4.97. The van der Waals surface area contributed by atoms with Crippen molar-refractivity contribution in [1.29, 1.82) is 0 Å². The molecule has 0 aromatic heterocycles. The van der Waals surface area contributed by atoms with Crippen molar-refractivity contribution in [3.63, 3.8) is 0 Å². The Morgan fingerprint density at radius 2 is 1.91 bits per heavy atom. The highest BCUT2D eigenvalue weighted by molar-refractivity contribution is 8.10. The molecule has 11 heavy (non-hydrogen) atoms. The quantitative estimate of drug-likeness (QED) is 0.528. The van der Waals surface area contributed by atoms with Crippen LogP contribution >= 0.6 is 24.8 Å². The third kappa shape index (κ3) is 5.50. The molecule has 0 heterocycles. The minimum absolute atomic E-state index is 0.294. The summed E-state index contributed by atoms with van der Waals surface area (Å²) in [4.78, 5) is 2.10. The molecule has 0 saturated carbocycles. The van der Waals surface area contributed by atoms with Crippen molar-refractivity contribution >= 4 is 29.2 Å². The minimum Gasteiger partial charge on any atom is -0.357 e. The van der Waals surface area contributed by atoms with E-state index in [0.717, 1.165) is 13.1 Å². The number of rotatable bonds is 2. The fourth-order valence-electron chi connectivity index (χ4n) is 0.887. The van der Waals surface area contributed by atoms with Crippen LogP contribution in [0.25, 0.3) is 0 Å². The lowest BCUT2D eigenvalue weighted by Crippen LogP contribution is -2.34. The molecule has 0 radical (unpaired) electrons. The van der Waals surface area contributed by atoms with E-state index in [1.165, 1.54) is 0 Å². The minimum atomic E-state index is 0.294. The number of hydrogen-bond donors (Lipinski definition) is 1. The van der Waals surface area contributed by atoms with E-state index in [0.29, 0.717) is 9.74 Å². The molecule has 3 heteroatoms. The molecule has 0 amide bonds. The Balaban J connectivity index is 3.99. The average Bonchev–Trinajstić information content (AvgIpc) is 1.80. The third-order valence-electron chi connectivity index (χ3n) is 1.32. The van der Waals surface area contributed by atoms with E-state index in [2.05, 4.69) is 45.2 Å². The highest BCUT2D eigenvalue weighted by Crippen LogP contribution is 2.15. The molecule has 1 nitrogen and oxygen atoms in total. The first-order chi connectivity index (χ1) is 4.87. The van der Waals surface area contributed by atoms with E-state index < -0.39 is 0 Å². The average molecular weight is 191 g/mol. The van der Waals surface area contributed by atoms with Crippen molar-refractivity contribution in [3.05, 3.63) is 0 Å². The van der Waals surface area contributed by atoms with Crippen LogP contribution in [0.4, 0.5) is 0 Å². The second-order valence-electron chi connectivity index (χ2n) is 3.86. The summed E-state index contributed by atoms with van der Waals surface area (Å²) >= 11 is 9.12. The number of hydrogen-bond acceptors (Lipinski definition) is 1. The highest BCUT2D eigenvalue weighted by atomic mass is 32.1. The zero-order chi connectivity index (χ0) is 9.07. The molecule has 0 spiro atoms. The molecular formula is C8H17NS2. The van der Waals surface area contributed by atoms with Crippen LogP contribution in [0.1, 0.15) is 27.7 Å². The van der Waals surface area contributed by atoms with Gasteiger partial charge in [0.1, 0.15) is 4.32 Å². The molecule has 0 saturated heterocycles. The molecule has 0 aliphatic rings. The predicted octanol–water partition coefficient (Wildman–Crippen LogP) is 2.57. The molecule has 0 bridgehead atoms. The van der Waals surface area contributed by atoms with Gasteiger partial charge in [-0.1, -0.05) is 33.0 Å². The van der Waals surface area contributed by atoms with Gasteiger partial charge in [0.05, 0.1) is 0 Å². The maximum Gasteiger partial charge on any atom is 0.133 e. The van der Waals surface area contributed by atoms with E-state index in [1.54, 1.807) is 0 Å². The maximum absolute atomic E-state index is 4.97. The van der Waals surface area contributed by atoms with Gasteiger partial charge in [-0.2, -0.15) is 0 Å². The zero-order valence-electron chi connectivity index (χ0n) is 7.72. The normalized spacial score (nSPS) is 11.4. The molecule has 66 valence electrons. The van der Waals surface area contributed by atoms with E-state index in [1.807, 2.05) is 0 Å². The Kier molecular flexibility index (Phi) is 4.41. The lowest BCUT2D eigenvalue weighted by molar-refractivity contribution is 0.289. The van der Waals surface area contributed by atoms with Gasteiger partial charge in [-0.3, -0.25) is 0 Å². The number of thiocarbonyl (C=S) groups is 1. The Labute approximate surface area is 80.6 Å². The Morgan fingerprint density at radius 1 is 1.45 bits per heavy atom. The SMILES string of the molecule is CCN(CC(C)(C)C)C(=S)S. The van der Waals surface area contributed by atoms with Gasteiger partial charge in [-0.25, -0.2) is 0 Å². The van der Waals surface area contributed by atoms with Crippen molar-refractivity contribution < 1.29 is 0 Å². The van der Waals surface area contributed by atoms with E-state index in [9.17, 15) is 0 Å². The molecule has 0 aliphatic carbocycles. The Hall–Kier alpha value is 0.240. The zero-order valence-corrected chi connectivity index (χ0v) is 9.43. The van der Waals surface area contributed by atoms with Gasteiger partial charge >= 0.3 is 0 Å². The van der Waals surface area contributed by atoms with Gasteiger partial charge in [0.15, 0.2) is 0 Å². The molecule has 0 unspecified atom stereocenters. The standard InChI is InChI=1S/C8H17NS2/c1-5-9(7(10)11)6-8(2,3)4/h5-6H2,1-4H3,(H,10,11). The van der Waals surface area contributed by atoms with E-state index >= 15 is 0 Å². The first-order valence-corrected chi connectivity index (χ1v) is 4.70. The van der Waals surface area contributed by atoms with Crippen LogP contribution < -0.4 is 0 Å². The lowest BCUT2D eigenvalue weighted by atomic mass is 9.96. The maximum atomic E-state index is 4.97. The van der Waals surface area contributed by atoms with Crippen LogP contribution in [0, 0.1) is 5.41 Å². The molecule has 0 aliphatic heterocycles. The van der Waals surface area contributed by atoms with Crippen LogP contribution in [-0.4, -0.2) is 22.3 Å². The van der Waals surface area contributed by atoms with Gasteiger partial charge in [-0.15, -0.1) is 12.6 Å². The predicted molar refractivity (Wildman–Crippen MR) is 58.3 cm³/mol. The van der Waals surface area contributed by atoms with Gasteiger partial charge in [0.25, 0.3) is 0 Å². The summed E-state index contributed by atoms with van der Waals surface area (Å²) in [5.74, 6) is 0. The summed E-state index contributed by atoms with van der Waals surface area (Å²) in [5, 5.41) is 0. The Morgan fingerprint density at radius 3 is 2.00 bits per heavy atom. The van der Waals surface area contributed by atoms with Gasteiger partial charge < -0.3 is 4.90 Å². The largest absolute Gasteiger partial charge is 0.357 e. The van der Waals surface area contributed by atoms with E-state index in [-0.39, 0.29) is 0 Å². The topological polar surface area (TPSA) is 3.24 Å². The third-order valence-corrected chi connectivity index (χ3v) is 1.86. The van der Waals surface area contributed by atoms with Crippen LogP contribution in [0.3, 0.4) is 0 Å². The summed E-state index contributed by atoms with van der Waals surface area (Å²) in [6.07, 6.45) is 0. The van der Waals surface area contributed by atoms with Crippen molar-refractivity contribution in [2.75, 3.05) is 13.1 Å². The second kappa shape index (κ2) is 4.31. The first kappa shape index (κ1) is 11.2. The fourth-order valence-corrected chi connectivity index (χ4v) is 1.29. The van der Waals surface area contributed by atoms with Crippen molar-refractivity contribution in [2.24, 2.45) is 5.41 Å². The van der Waals surface area contributed by atoms with Crippen LogP contribution in [0.2, 0.25) is 0 Å².